The van der Waals surface area contributed by atoms with Gasteiger partial charge in [0.25, 0.3) is 11.6 Å². The van der Waals surface area contributed by atoms with E-state index in [1.165, 1.54) is 37.5 Å². The van der Waals surface area contributed by atoms with Gasteiger partial charge in [-0.15, -0.1) is 0 Å². The van der Waals surface area contributed by atoms with Crippen LogP contribution in [0.25, 0.3) is 0 Å². The molecule has 0 aromatic heterocycles. The molecule has 5 nitrogen and oxygen atoms in total. The molecule has 2 atom stereocenters. The maximum Gasteiger partial charge on any atom is 0.270 e. The second-order valence-electron chi connectivity index (χ2n) is 5.58. The van der Waals surface area contributed by atoms with Gasteiger partial charge in [-0.05, 0) is 30.7 Å². The Labute approximate surface area is 121 Å². The zero-order valence-corrected chi connectivity index (χ0v) is 11.7. The van der Waals surface area contributed by atoms with Crippen LogP contribution in [0, 0.1) is 22.0 Å². The smallest absolute Gasteiger partial charge is 0.270 e. The number of benzene rings is 1. The van der Waals surface area contributed by atoms with E-state index in [0.29, 0.717) is 11.8 Å². The summed E-state index contributed by atoms with van der Waals surface area (Å²) in [6.07, 6.45) is 3.60. The molecule has 0 bridgehead atoms. The van der Waals surface area contributed by atoms with E-state index < -0.39 is 4.92 Å². The third-order valence-electron chi connectivity index (χ3n) is 4.40. The highest BCUT2D eigenvalue weighted by atomic mass is 35.5. The molecule has 6 heteroatoms. The van der Waals surface area contributed by atoms with Crippen LogP contribution in [-0.2, 0) is 0 Å². The summed E-state index contributed by atoms with van der Waals surface area (Å²) in [6, 6.07) is 4.01. The lowest BCUT2D eigenvalue weighted by Gasteiger charge is -2.17. The van der Waals surface area contributed by atoms with Gasteiger partial charge in [-0.2, -0.15) is 0 Å². The molecule has 1 amide bonds. The molecule has 0 spiro atoms. The first-order valence-corrected chi connectivity index (χ1v) is 7.17. The molecule has 106 valence electrons. The number of nitro groups is 1. The van der Waals surface area contributed by atoms with E-state index in [4.69, 9.17) is 11.6 Å². The van der Waals surface area contributed by atoms with Crippen LogP contribution in [0.15, 0.2) is 18.2 Å². The lowest BCUT2D eigenvalue weighted by molar-refractivity contribution is -0.384. The molecule has 2 fully saturated rings. The van der Waals surface area contributed by atoms with E-state index in [2.05, 4.69) is 0 Å². The zero-order valence-electron chi connectivity index (χ0n) is 10.9. The van der Waals surface area contributed by atoms with Crippen LogP contribution in [-0.4, -0.2) is 28.8 Å². The van der Waals surface area contributed by atoms with E-state index in [1.54, 1.807) is 4.90 Å². The fraction of sp³-hybridized carbons (Fsp3) is 0.500. The topological polar surface area (TPSA) is 63.4 Å². The number of likely N-dealkylation sites (tertiary alicyclic amines) is 1. The molecule has 1 aromatic carbocycles. The van der Waals surface area contributed by atoms with Gasteiger partial charge in [-0.25, -0.2) is 0 Å². The van der Waals surface area contributed by atoms with Gasteiger partial charge in [-0.1, -0.05) is 18.0 Å². The number of halogens is 1. The molecular weight excluding hydrogens is 280 g/mol. The monoisotopic (exact) mass is 294 g/mol. The Morgan fingerprint density at radius 2 is 1.95 bits per heavy atom. The highest BCUT2D eigenvalue weighted by Gasteiger charge is 2.38. The van der Waals surface area contributed by atoms with E-state index in [1.807, 2.05) is 0 Å². The predicted molar refractivity (Wildman–Crippen MR) is 74.8 cm³/mol. The van der Waals surface area contributed by atoms with Crippen LogP contribution in [0.4, 0.5) is 5.69 Å². The summed E-state index contributed by atoms with van der Waals surface area (Å²) in [7, 11) is 0. The third-order valence-corrected chi connectivity index (χ3v) is 4.73. The molecule has 1 aliphatic carbocycles. The van der Waals surface area contributed by atoms with Crippen molar-refractivity contribution in [1.82, 2.24) is 4.90 Å². The Morgan fingerprint density at radius 3 is 2.55 bits per heavy atom. The average Bonchev–Trinajstić information content (AvgIpc) is 2.98. The fourth-order valence-electron chi connectivity index (χ4n) is 3.36. The van der Waals surface area contributed by atoms with Crippen molar-refractivity contribution in [3.8, 4) is 0 Å². The molecule has 2 unspecified atom stereocenters. The van der Waals surface area contributed by atoms with Crippen molar-refractivity contribution in [1.29, 1.82) is 0 Å². The Kier molecular flexibility index (Phi) is 3.38. The molecule has 2 aliphatic rings. The van der Waals surface area contributed by atoms with Crippen molar-refractivity contribution in [2.45, 2.75) is 19.3 Å². The minimum atomic E-state index is -0.508. The Bertz CT molecular complexity index is 564. The van der Waals surface area contributed by atoms with Gasteiger partial charge in [0.2, 0.25) is 0 Å². The molecule has 1 aromatic rings. The van der Waals surface area contributed by atoms with Gasteiger partial charge in [-0.3, -0.25) is 14.9 Å². The lowest BCUT2D eigenvalue weighted by Crippen LogP contribution is -2.29. The van der Waals surface area contributed by atoms with Gasteiger partial charge in [0.15, 0.2) is 0 Å². The van der Waals surface area contributed by atoms with Crippen LogP contribution in [0.1, 0.15) is 29.6 Å². The Morgan fingerprint density at radius 1 is 1.30 bits per heavy atom. The lowest BCUT2D eigenvalue weighted by atomic mass is 10.0. The molecule has 0 N–H and O–H groups in total. The number of hydrogen-bond acceptors (Lipinski definition) is 3. The van der Waals surface area contributed by atoms with Crippen molar-refractivity contribution in [2.24, 2.45) is 11.8 Å². The van der Waals surface area contributed by atoms with Crippen LogP contribution in [0.5, 0.6) is 0 Å². The summed E-state index contributed by atoms with van der Waals surface area (Å²) < 4.78 is 0. The van der Waals surface area contributed by atoms with E-state index in [-0.39, 0.29) is 22.2 Å². The van der Waals surface area contributed by atoms with E-state index in [9.17, 15) is 14.9 Å². The second-order valence-corrected chi connectivity index (χ2v) is 5.99. The van der Waals surface area contributed by atoms with Crippen LogP contribution in [0.2, 0.25) is 5.02 Å². The Balaban J connectivity index is 1.84. The summed E-state index contributed by atoms with van der Waals surface area (Å²) in [4.78, 5) is 24.6. The number of carbonyl (C=O) groups excluding carboxylic acids is 1. The SMILES string of the molecule is O=C(c1cc([N+](=O)[O-])ccc1Cl)N1CC2CCCC2C1. The third kappa shape index (κ3) is 2.26. The number of rotatable bonds is 2. The maximum atomic E-state index is 12.5. The molecule has 0 radical (unpaired) electrons. The van der Waals surface area contributed by atoms with E-state index >= 15 is 0 Å². The standard InChI is InChI=1S/C14H15ClN2O3/c15-13-5-4-11(17(19)20)6-12(13)14(18)16-7-9-2-1-3-10(9)8-16/h4-6,9-10H,1-3,7-8H2. The maximum absolute atomic E-state index is 12.5. The van der Waals surface area contributed by atoms with Crippen LogP contribution in [0.3, 0.4) is 0 Å². The number of fused-ring (bicyclic) bond motifs is 1. The summed E-state index contributed by atoms with van der Waals surface area (Å²) in [5.41, 5.74) is 0.137. The summed E-state index contributed by atoms with van der Waals surface area (Å²) in [5.74, 6) is 1.00. The number of hydrogen-bond donors (Lipinski definition) is 0. The van der Waals surface area contributed by atoms with E-state index in [0.717, 1.165) is 13.1 Å². The quantitative estimate of drug-likeness (QED) is 0.622. The minimum absolute atomic E-state index is 0.0999. The first-order valence-electron chi connectivity index (χ1n) is 6.79. The van der Waals surface area contributed by atoms with Gasteiger partial charge in [0, 0.05) is 25.2 Å². The summed E-state index contributed by atoms with van der Waals surface area (Å²) in [6.45, 7) is 1.51. The number of nitro benzene ring substituents is 1. The first kappa shape index (κ1) is 13.4. The van der Waals surface area contributed by atoms with Crippen molar-refractivity contribution in [3.63, 3.8) is 0 Å². The molecule has 20 heavy (non-hydrogen) atoms. The molecule has 1 heterocycles. The second kappa shape index (κ2) is 5.05. The Hall–Kier alpha value is -1.62. The van der Waals surface area contributed by atoms with Gasteiger partial charge in [0.1, 0.15) is 0 Å². The number of carbonyl (C=O) groups is 1. The first-order chi connectivity index (χ1) is 9.56. The largest absolute Gasteiger partial charge is 0.338 e. The molecular formula is C14H15ClN2O3. The van der Waals surface area contributed by atoms with Crippen molar-refractivity contribution < 1.29 is 9.72 Å². The van der Waals surface area contributed by atoms with Crippen molar-refractivity contribution in [2.75, 3.05) is 13.1 Å². The van der Waals surface area contributed by atoms with Gasteiger partial charge < -0.3 is 4.90 Å². The fourth-order valence-corrected chi connectivity index (χ4v) is 3.56. The molecule has 1 saturated heterocycles. The normalized spacial score (nSPS) is 24.8. The minimum Gasteiger partial charge on any atom is -0.338 e. The zero-order chi connectivity index (χ0) is 14.3. The molecule has 3 rings (SSSR count). The van der Waals surface area contributed by atoms with Gasteiger partial charge >= 0.3 is 0 Å². The number of nitrogens with zero attached hydrogens (tertiary/aromatic N) is 2. The van der Waals surface area contributed by atoms with Crippen LogP contribution >= 0.6 is 11.6 Å². The molecule has 1 saturated carbocycles. The highest BCUT2D eigenvalue weighted by molar-refractivity contribution is 6.33. The van der Waals surface area contributed by atoms with Crippen molar-refractivity contribution in [3.05, 3.63) is 38.9 Å². The summed E-state index contributed by atoms with van der Waals surface area (Å²) in [5, 5.41) is 11.1. The average molecular weight is 295 g/mol. The highest BCUT2D eigenvalue weighted by Crippen LogP contribution is 2.38. The van der Waals surface area contributed by atoms with Gasteiger partial charge in [0.05, 0.1) is 15.5 Å². The van der Waals surface area contributed by atoms with Crippen LogP contribution < -0.4 is 0 Å². The predicted octanol–water partition coefficient (Wildman–Crippen LogP) is 3.12. The number of non-ortho nitro benzene ring substituents is 1. The summed E-state index contributed by atoms with van der Waals surface area (Å²) >= 11 is 6.02. The molecule has 1 aliphatic heterocycles. The number of amides is 1. The van der Waals surface area contributed by atoms with Crippen molar-refractivity contribution >= 4 is 23.2 Å².